The van der Waals surface area contributed by atoms with Crippen molar-refractivity contribution in [1.82, 2.24) is 9.97 Å². The monoisotopic (exact) mass is 535 g/mol. The molecule has 2 aliphatic heterocycles. The van der Waals surface area contributed by atoms with Crippen LogP contribution >= 0.6 is 35.1 Å². The number of fused-ring (bicyclic) bond motifs is 1. The number of aromatic nitrogens is 2. The molecule has 2 aliphatic rings. The highest BCUT2D eigenvalue weighted by Crippen LogP contribution is 2.66. The fourth-order valence-electron chi connectivity index (χ4n) is 2.83. The molecule has 3 heterocycles. The molecule has 0 radical (unpaired) electrons. The third kappa shape index (κ3) is 7.01. The second-order valence-electron chi connectivity index (χ2n) is 6.42. The largest absolute Gasteiger partial charge is 0.490 e. The van der Waals surface area contributed by atoms with Gasteiger partial charge in [0.1, 0.15) is 18.1 Å². The van der Waals surface area contributed by atoms with Gasteiger partial charge < -0.3 is 29.4 Å². The molecule has 19 heteroatoms. The van der Waals surface area contributed by atoms with Gasteiger partial charge in [-0.05, 0) is 17.7 Å². The maximum absolute atomic E-state index is 11.9. The van der Waals surface area contributed by atoms with Crippen LogP contribution in [0.15, 0.2) is 24.2 Å². The highest BCUT2D eigenvalue weighted by molar-refractivity contribution is 7.66. The quantitative estimate of drug-likeness (QED) is 0.178. The molecule has 15 nitrogen and oxygen atoms in total. The Hall–Kier alpha value is -0.980. The van der Waals surface area contributed by atoms with Crippen LogP contribution in [0.3, 0.4) is 0 Å². The van der Waals surface area contributed by atoms with Crippen LogP contribution in [-0.2, 0) is 38.0 Å². The summed E-state index contributed by atoms with van der Waals surface area (Å²) in [6.45, 7) is -0.786. The Bertz CT molecular complexity index is 1080. The Morgan fingerprint density at radius 3 is 2.62 bits per heavy atom. The van der Waals surface area contributed by atoms with Gasteiger partial charge in [-0.2, -0.15) is 13.6 Å². The van der Waals surface area contributed by atoms with E-state index in [4.69, 9.17) is 31.0 Å². The van der Waals surface area contributed by atoms with Crippen LogP contribution in [0.25, 0.3) is 0 Å². The summed E-state index contributed by atoms with van der Waals surface area (Å²) < 4.78 is 51.3. The minimum atomic E-state index is -5.65. The average molecular weight is 536 g/mol. The number of hydrogen-bond acceptors (Lipinski definition) is 11. The average Bonchev–Trinajstić information content (AvgIpc) is 2.85. The van der Waals surface area contributed by atoms with Crippen molar-refractivity contribution in [3.05, 3.63) is 35.1 Å². The molecule has 0 spiro atoms. The van der Waals surface area contributed by atoms with Crippen LogP contribution in [0.4, 0.5) is 5.82 Å². The maximum Gasteiger partial charge on any atom is 0.490 e. The smallest absolute Gasteiger partial charge is 0.390 e. The molecule has 178 valence electrons. The highest BCUT2D eigenvalue weighted by atomic mass is 35.5. The number of halogens is 1. The molecule has 0 aliphatic carbocycles. The normalized spacial score (nSPS) is 26.9. The molecule has 1 fully saturated rings. The van der Waals surface area contributed by atoms with Crippen LogP contribution in [0.1, 0.15) is 12.0 Å². The summed E-state index contributed by atoms with van der Waals surface area (Å²) >= 11 is 5.87. The van der Waals surface area contributed by atoms with Crippen LogP contribution in [0.5, 0.6) is 0 Å². The summed E-state index contributed by atoms with van der Waals surface area (Å²) in [6, 6.07) is 0. The minimum Gasteiger partial charge on any atom is -0.390 e. The topological polar surface area (TPSA) is 218 Å². The standard InChI is InChI=1S/C13H17ClN3O12P3/c14-13-15-6-8-3-1-2-4-17(12(8)16-13)11-5-9(18)10(27-11)7-26-31(22,23)29-32(24,25)28-30(19,20)21/h1,4,6,9-11,18H,3,5,7H2,(H,22,23)(H,24,25)(H2,19,20,21). The molecule has 0 saturated carbocycles. The lowest BCUT2D eigenvalue weighted by atomic mass is 10.2. The van der Waals surface area contributed by atoms with Crippen LogP contribution in [0, 0.1) is 0 Å². The van der Waals surface area contributed by atoms with E-state index in [9.17, 15) is 23.7 Å². The first-order valence-electron chi connectivity index (χ1n) is 8.57. The number of phosphoric ester groups is 1. The van der Waals surface area contributed by atoms with Gasteiger partial charge in [-0.15, -0.1) is 5.73 Å². The molecule has 5 N–H and O–H groups in total. The Morgan fingerprint density at radius 1 is 1.22 bits per heavy atom. The summed E-state index contributed by atoms with van der Waals surface area (Å²) in [4.78, 5) is 45.4. The van der Waals surface area contributed by atoms with E-state index >= 15 is 0 Å². The zero-order valence-corrected chi connectivity index (χ0v) is 19.2. The van der Waals surface area contributed by atoms with E-state index in [0.29, 0.717) is 17.8 Å². The van der Waals surface area contributed by atoms with Crippen molar-refractivity contribution in [3.63, 3.8) is 0 Å². The van der Waals surface area contributed by atoms with Gasteiger partial charge in [0.05, 0.1) is 18.9 Å². The number of hydrogen-bond donors (Lipinski definition) is 5. The van der Waals surface area contributed by atoms with Gasteiger partial charge in [-0.25, -0.2) is 18.7 Å². The van der Waals surface area contributed by atoms with Gasteiger partial charge in [0.2, 0.25) is 5.28 Å². The van der Waals surface area contributed by atoms with Gasteiger partial charge in [-0.1, -0.05) is 0 Å². The number of phosphoric acid groups is 3. The third-order valence-corrected chi connectivity index (χ3v) is 8.03. The second-order valence-corrected chi connectivity index (χ2v) is 11.2. The van der Waals surface area contributed by atoms with E-state index < -0.39 is 48.5 Å². The zero-order valence-electron chi connectivity index (χ0n) is 15.7. The predicted octanol–water partition coefficient (Wildman–Crippen LogP) is 0.980. The Labute approximate surface area is 185 Å². The van der Waals surface area contributed by atoms with Gasteiger partial charge >= 0.3 is 23.5 Å². The molecule has 5 unspecified atom stereocenters. The van der Waals surface area contributed by atoms with Crippen molar-refractivity contribution in [2.75, 3.05) is 11.5 Å². The van der Waals surface area contributed by atoms with Crippen molar-refractivity contribution < 1.29 is 56.3 Å². The Kier molecular flexibility index (Phi) is 7.78. The summed E-state index contributed by atoms with van der Waals surface area (Å²) in [7, 11) is -16.5. The number of allylic oxidation sites excluding steroid dienone is 1. The summed E-state index contributed by atoms with van der Waals surface area (Å²) in [6.07, 6.45) is 2.01. The van der Waals surface area contributed by atoms with E-state index in [1.165, 1.54) is 17.3 Å². The molecule has 0 amide bonds. The Morgan fingerprint density at radius 2 is 1.94 bits per heavy atom. The number of aliphatic hydroxyl groups is 1. The molecule has 5 atom stereocenters. The van der Waals surface area contributed by atoms with Gasteiger partial charge in [0.25, 0.3) is 0 Å². The lowest BCUT2D eigenvalue weighted by Gasteiger charge is -2.26. The number of ether oxygens (including phenoxy) is 1. The molecule has 1 aromatic heterocycles. The van der Waals surface area contributed by atoms with E-state index in [1.54, 1.807) is 6.08 Å². The summed E-state index contributed by atoms with van der Waals surface area (Å²) in [5.74, 6) is 0.400. The number of rotatable bonds is 8. The number of anilines is 1. The number of nitrogens with zero attached hydrogens (tertiary/aromatic N) is 3. The third-order valence-electron chi connectivity index (χ3n) is 4.04. The maximum atomic E-state index is 11.9. The van der Waals surface area contributed by atoms with Crippen LogP contribution in [0.2, 0.25) is 5.28 Å². The van der Waals surface area contributed by atoms with Crippen LogP contribution in [-0.4, -0.2) is 59.7 Å². The van der Waals surface area contributed by atoms with E-state index in [2.05, 4.69) is 28.8 Å². The molecule has 1 aromatic rings. The first kappa shape index (κ1) is 25.6. The van der Waals surface area contributed by atoms with Crippen LogP contribution < -0.4 is 4.90 Å². The number of aliphatic hydroxyl groups excluding tert-OH is 1. The highest BCUT2D eigenvalue weighted by Gasteiger charge is 2.43. The fraction of sp³-hybridized carbons (Fsp3) is 0.462. The first-order chi connectivity index (χ1) is 14.7. The zero-order chi connectivity index (χ0) is 23.7. The molecule has 1 saturated heterocycles. The summed E-state index contributed by atoms with van der Waals surface area (Å²) in [5.41, 5.74) is 3.60. The van der Waals surface area contributed by atoms with Crippen molar-refractivity contribution in [1.29, 1.82) is 0 Å². The SMILES string of the molecule is O=P(O)(O)OP(=O)(O)OP(=O)(O)OCC1OC(N2C=C=CCc3cnc(Cl)nc32)CC1O. The molecule has 3 rings (SSSR count). The van der Waals surface area contributed by atoms with Gasteiger partial charge in [0.15, 0.2) is 0 Å². The summed E-state index contributed by atoms with van der Waals surface area (Å²) in [5, 5.41) is 10.2. The van der Waals surface area contributed by atoms with E-state index in [0.717, 1.165) is 0 Å². The van der Waals surface area contributed by atoms with Crippen molar-refractivity contribution in [2.45, 2.75) is 31.3 Å². The van der Waals surface area contributed by atoms with E-state index in [-0.39, 0.29) is 11.7 Å². The van der Waals surface area contributed by atoms with Crippen molar-refractivity contribution >= 4 is 40.9 Å². The minimum absolute atomic E-state index is 0.00364. The molecular weight excluding hydrogens is 519 g/mol. The van der Waals surface area contributed by atoms with E-state index in [1.807, 2.05) is 0 Å². The molecular formula is C13H17ClN3O12P3. The fourth-order valence-corrected chi connectivity index (χ4v) is 5.99. The predicted molar refractivity (Wildman–Crippen MR) is 105 cm³/mol. The molecule has 0 aromatic carbocycles. The first-order valence-corrected chi connectivity index (χ1v) is 13.5. The van der Waals surface area contributed by atoms with Crippen molar-refractivity contribution in [3.8, 4) is 0 Å². The molecule has 32 heavy (non-hydrogen) atoms. The second kappa shape index (κ2) is 9.71. The van der Waals surface area contributed by atoms with Gasteiger partial charge in [0, 0.05) is 24.6 Å². The lowest BCUT2D eigenvalue weighted by Crippen LogP contribution is -2.32. The lowest BCUT2D eigenvalue weighted by molar-refractivity contribution is -0.0199. The van der Waals surface area contributed by atoms with Gasteiger partial charge in [-0.3, -0.25) is 9.42 Å². The Balaban J connectivity index is 1.66. The van der Waals surface area contributed by atoms with Crippen molar-refractivity contribution in [2.24, 2.45) is 0 Å². The molecule has 0 bridgehead atoms.